The van der Waals surface area contributed by atoms with E-state index in [9.17, 15) is 24.7 Å². The molecule has 1 fully saturated rings. The van der Waals surface area contributed by atoms with Gasteiger partial charge in [0.05, 0.1) is 0 Å². The Morgan fingerprint density at radius 2 is 2.19 bits per heavy atom. The summed E-state index contributed by atoms with van der Waals surface area (Å²) in [6.07, 6.45) is 3.35. The second kappa shape index (κ2) is 12.2. The molecule has 12 nitrogen and oxygen atoms in total. The zero-order valence-electron chi connectivity index (χ0n) is 18.9. The first-order chi connectivity index (χ1) is 17.8. The second-order valence-corrected chi connectivity index (χ2v) is 12.7. The highest BCUT2D eigenvalue weighted by Gasteiger charge is 2.54. The van der Waals surface area contributed by atoms with Gasteiger partial charge in [0.15, 0.2) is 11.2 Å². The second-order valence-electron chi connectivity index (χ2n) is 7.67. The molecule has 37 heavy (non-hydrogen) atoms. The van der Waals surface area contributed by atoms with Gasteiger partial charge in [-0.2, -0.15) is 17.2 Å². The topological polar surface area (TPSA) is 197 Å². The monoisotopic (exact) mass is 603 g/mol. The van der Waals surface area contributed by atoms with E-state index in [0.29, 0.717) is 23.0 Å². The van der Waals surface area contributed by atoms with Crippen molar-refractivity contribution in [2.24, 2.45) is 5.73 Å². The number of aromatic nitrogens is 2. The molecular weight excluding hydrogens is 582 g/mol. The van der Waals surface area contributed by atoms with E-state index in [1.54, 1.807) is 24.2 Å². The quantitative estimate of drug-likeness (QED) is 0.123. The number of halogens is 1. The number of hydrogen-bond acceptors (Lipinski definition) is 13. The van der Waals surface area contributed by atoms with Crippen LogP contribution in [0.3, 0.4) is 0 Å². The predicted molar refractivity (Wildman–Crippen MR) is 144 cm³/mol. The standard InChI is InChI=1S/C20H22ClN7O5S4/c21-15-11(26-20(23)37-15)12(27-33)16(29)25-13-17(30)28-14(19(31)32)10(7-35-18(13)28)36-9-5-24-3-1-8(9)6-34-4-2-22/h1,3,5,12-13,18,27,33H,2,4,6-7,22H2,(H2,23,26)(H,25,29)(H,31,32)/t12-,13-,18-/m1/s1. The highest BCUT2D eigenvalue weighted by Crippen LogP contribution is 2.46. The van der Waals surface area contributed by atoms with Crippen LogP contribution in [0, 0.1) is 0 Å². The summed E-state index contributed by atoms with van der Waals surface area (Å²) in [5.74, 6) is -0.784. The average molecular weight is 604 g/mol. The molecule has 8 N–H and O–H groups in total. The zero-order chi connectivity index (χ0) is 26.7. The summed E-state index contributed by atoms with van der Waals surface area (Å²) in [6, 6.07) is -0.483. The largest absolute Gasteiger partial charge is 0.477 e. The number of anilines is 1. The van der Waals surface area contributed by atoms with Crippen LogP contribution in [0.1, 0.15) is 17.3 Å². The van der Waals surface area contributed by atoms with Crippen molar-refractivity contribution in [1.82, 2.24) is 25.7 Å². The van der Waals surface area contributed by atoms with E-state index in [4.69, 9.17) is 23.1 Å². The smallest absolute Gasteiger partial charge is 0.353 e. The molecule has 0 aliphatic carbocycles. The SMILES string of the molecule is NCCSCc1ccncc1SC1=C(C(=O)O)N2C(=O)[C@@H](NC(=O)[C@H](NO)c3nc(N)sc3Cl)[C@H]2SC1. The van der Waals surface area contributed by atoms with Crippen LogP contribution in [0.4, 0.5) is 5.13 Å². The fraction of sp³-hybridized carbons (Fsp3) is 0.350. The first kappa shape index (κ1) is 28.0. The summed E-state index contributed by atoms with van der Waals surface area (Å²) in [7, 11) is 0. The Labute approximate surface area is 232 Å². The Hall–Kier alpha value is -2.05. The number of carbonyl (C=O) groups excluding carboxylic acids is 2. The fourth-order valence-electron chi connectivity index (χ4n) is 3.68. The minimum atomic E-state index is -1.36. The van der Waals surface area contributed by atoms with Gasteiger partial charge in [-0.1, -0.05) is 34.7 Å². The molecule has 0 saturated carbocycles. The number of hydroxylamine groups is 1. The van der Waals surface area contributed by atoms with Crippen LogP contribution in [-0.4, -0.2) is 72.4 Å². The molecule has 17 heteroatoms. The predicted octanol–water partition coefficient (Wildman–Crippen LogP) is 1.47. The number of hydrogen-bond donors (Lipinski definition) is 6. The average Bonchev–Trinajstić information content (AvgIpc) is 3.20. The van der Waals surface area contributed by atoms with E-state index in [1.807, 2.05) is 11.5 Å². The number of carbonyl (C=O) groups is 3. The van der Waals surface area contributed by atoms with Crippen molar-refractivity contribution in [3.8, 4) is 0 Å². The van der Waals surface area contributed by atoms with Gasteiger partial charge in [0.25, 0.3) is 5.91 Å². The lowest BCUT2D eigenvalue weighted by molar-refractivity contribution is -0.151. The van der Waals surface area contributed by atoms with E-state index in [1.165, 1.54) is 28.4 Å². The third kappa shape index (κ3) is 5.85. The summed E-state index contributed by atoms with van der Waals surface area (Å²) in [5.41, 5.74) is 13.9. The number of nitrogens with one attached hydrogen (secondary N) is 2. The van der Waals surface area contributed by atoms with Crippen molar-refractivity contribution in [3.05, 3.63) is 44.7 Å². The molecule has 3 atom stereocenters. The Bertz CT molecular complexity index is 1250. The van der Waals surface area contributed by atoms with Gasteiger partial charge in [-0.05, 0) is 11.6 Å². The number of pyridine rings is 1. The van der Waals surface area contributed by atoms with Crippen LogP contribution in [-0.2, 0) is 20.1 Å². The van der Waals surface area contributed by atoms with Gasteiger partial charge in [-0.15, -0.1) is 11.8 Å². The van der Waals surface area contributed by atoms with E-state index in [2.05, 4.69) is 15.3 Å². The number of nitrogens with two attached hydrogens (primary N) is 2. The molecule has 2 amide bonds. The number of thioether (sulfide) groups is 3. The Morgan fingerprint density at radius 3 is 2.84 bits per heavy atom. The molecule has 0 spiro atoms. The summed E-state index contributed by atoms with van der Waals surface area (Å²) in [4.78, 5) is 48.7. The Morgan fingerprint density at radius 1 is 1.41 bits per heavy atom. The number of carboxylic acids is 1. The molecule has 0 aromatic carbocycles. The summed E-state index contributed by atoms with van der Waals surface area (Å²) < 4.78 is 0.113. The van der Waals surface area contributed by atoms with Crippen molar-refractivity contribution >= 4 is 81.1 Å². The number of thiazole rings is 1. The molecule has 1 saturated heterocycles. The number of nitrogen functional groups attached to an aromatic ring is 1. The molecular formula is C20H22ClN7O5S4. The van der Waals surface area contributed by atoms with Gasteiger partial charge in [0, 0.05) is 46.0 Å². The minimum absolute atomic E-state index is 0.0193. The molecule has 0 radical (unpaired) electrons. The fourth-order valence-corrected chi connectivity index (χ4v) is 8.10. The molecule has 4 rings (SSSR count). The number of amides is 2. The highest BCUT2D eigenvalue weighted by molar-refractivity contribution is 8.06. The molecule has 0 bridgehead atoms. The molecule has 4 heterocycles. The van der Waals surface area contributed by atoms with Crippen molar-refractivity contribution in [3.63, 3.8) is 0 Å². The molecule has 2 aliphatic heterocycles. The van der Waals surface area contributed by atoms with Gasteiger partial charge in [-0.3, -0.25) is 19.5 Å². The summed E-state index contributed by atoms with van der Waals surface area (Å²) in [5, 5.41) is 21.5. The molecule has 2 aromatic rings. The Kier molecular flexibility index (Phi) is 9.23. The first-order valence-corrected chi connectivity index (χ1v) is 14.9. The highest BCUT2D eigenvalue weighted by atomic mass is 35.5. The summed E-state index contributed by atoms with van der Waals surface area (Å²) in [6.45, 7) is 0.555. The zero-order valence-corrected chi connectivity index (χ0v) is 22.9. The normalized spacial score (nSPS) is 19.9. The lowest BCUT2D eigenvalue weighted by Gasteiger charge is -2.49. The Balaban J connectivity index is 1.51. The molecule has 2 aromatic heterocycles. The van der Waals surface area contributed by atoms with Crippen LogP contribution >= 0.6 is 58.2 Å². The minimum Gasteiger partial charge on any atom is -0.477 e. The van der Waals surface area contributed by atoms with E-state index < -0.39 is 35.2 Å². The molecule has 198 valence electrons. The van der Waals surface area contributed by atoms with Crippen molar-refractivity contribution in [2.75, 3.05) is 23.8 Å². The van der Waals surface area contributed by atoms with Gasteiger partial charge < -0.3 is 27.1 Å². The molecule has 2 aliphatic rings. The van der Waals surface area contributed by atoms with Crippen LogP contribution in [0.5, 0.6) is 0 Å². The maximum atomic E-state index is 13.0. The van der Waals surface area contributed by atoms with Gasteiger partial charge in [-0.25, -0.2) is 9.78 Å². The number of nitrogens with zero attached hydrogens (tertiary/aromatic N) is 3. The van der Waals surface area contributed by atoms with E-state index in [-0.39, 0.29) is 20.9 Å². The van der Waals surface area contributed by atoms with Gasteiger partial charge in [0.2, 0.25) is 5.91 Å². The van der Waals surface area contributed by atoms with Crippen LogP contribution < -0.4 is 22.3 Å². The van der Waals surface area contributed by atoms with E-state index >= 15 is 0 Å². The number of carboxylic acid groups (broad SMARTS) is 1. The number of β-lactam (4-membered cyclic amide) rings is 1. The number of fused-ring (bicyclic) bond motifs is 1. The van der Waals surface area contributed by atoms with Crippen molar-refractivity contribution < 1.29 is 24.7 Å². The lowest BCUT2D eigenvalue weighted by atomic mass is 10.0. The maximum absolute atomic E-state index is 13.0. The lowest BCUT2D eigenvalue weighted by Crippen LogP contribution is -2.71. The van der Waals surface area contributed by atoms with Crippen molar-refractivity contribution in [2.45, 2.75) is 28.1 Å². The number of aliphatic carboxylic acids is 1. The van der Waals surface area contributed by atoms with Crippen LogP contribution in [0.15, 0.2) is 34.0 Å². The van der Waals surface area contributed by atoms with E-state index in [0.717, 1.165) is 27.5 Å². The van der Waals surface area contributed by atoms with Crippen LogP contribution in [0.25, 0.3) is 0 Å². The first-order valence-electron chi connectivity index (χ1n) is 10.7. The van der Waals surface area contributed by atoms with Crippen molar-refractivity contribution in [1.29, 1.82) is 0 Å². The van der Waals surface area contributed by atoms with Crippen LogP contribution in [0.2, 0.25) is 4.34 Å². The van der Waals surface area contributed by atoms with Gasteiger partial charge in [0.1, 0.15) is 27.1 Å². The van der Waals surface area contributed by atoms with Gasteiger partial charge >= 0.3 is 5.97 Å². The third-order valence-corrected chi connectivity index (χ3v) is 10.1. The number of rotatable bonds is 11. The summed E-state index contributed by atoms with van der Waals surface area (Å²) >= 11 is 11.2. The molecule has 0 unspecified atom stereocenters. The third-order valence-electron chi connectivity index (χ3n) is 5.35. The maximum Gasteiger partial charge on any atom is 0.353 e.